The summed E-state index contributed by atoms with van der Waals surface area (Å²) < 4.78 is 1.02. The average molecular weight is 250 g/mol. The van der Waals surface area contributed by atoms with Crippen LogP contribution < -0.4 is 5.73 Å². The Balaban J connectivity index is 2.49. The maximum absolute atomic E-state index is 5.57. The minimum atomic E-state index is 0.481. The van der Waals surface area contributed by atoms with E-state index < -0.39 is 0 Å². The largest absolute Gasteiger partial charge is 0.384 e. The van der Waals surface area contributed by atoms with Gasteiger partial charge in [-0.3, -0.25) is 0 Å². The summed E-state index contributed by atoms with van der Waals surface area (Å²) in [5.74, 6) is 0.481. The Bertz CT molecular complexity index is 413. The van der Waals surface area contributed by atoms with Crippen molar-refractivity contribution in [3.05, 3.63) is 41.1 Å². The van der Waals surface area contributed by atoms with E-state index in [0.717, 1.165) is 15.7 Å². The van der Waals surface area contributed by atoms with Crippen LogP contribution in [0.3, 0.4) is 0 Å². The van der Waals surface area contributed by atoms with E-state index in [2.05, 4.69) is 25.9 Å². The van der Waals surface area contributed by atoms with Gasteiger partial charge >= 0.3 is 0 Å². The highest BCUT2D eigenvalue weighted by molar-refractivity contribution is 9.10. The van der Waals surface area contributed by atoms with Crippen LogP contribution in [-0.2, 0) is 0 Å². The van der Waals surface area contributed by atoms with Crippen molar-refractivity contribution in [2.45, 2.75) is 0 Å². The lowest BCUT2D eigenvalue weighted by atomic mass is 10.1. The molecule has 0 saturated heterocycles. The molecule has 0 aliphatic rings. The highest BCUT2D eigenvalue weighted by atomic mass is 79.9. The number of nitrogen functional groups attached to an aromatic ring is 1. The highest BCUT2D eigenvalue weighted by Crippen LogP contribution is 2.21. The van der Waals surface area contributed by atoms with Gasteiger partial charge in [0.05, 0.1) is 5.69 Å². The molecule has 70 valence electrons. The molecule has 0 saturated carbocycles. The smallest absolute Gasteiger partial charge is 0.127 e. The van der Waals surface area contributed by atoms with Gasteiger partial charge in [0.15, 0.2) is 0 Å². The first-order valence-corrected chi connectivity index (χ1v) is 4.88. The van der Waals surface area contributed by atoms with Crippen LogP contribution >= 0.6 is 15.9 Å². The molecule has 4 heteroatoms. The second-order valence-corrected chi connectivity index (χ2v) is 3.75. The van der Waals surface area contributed by atoms with Gasteiger partial charge in [0.25, 0.3) is 0 Å². The third-order valence-electron chi connectivity index (χ3n) is 1.81. The van der Waals surface area contributed by atoms with Crippen molar-refractivity contribution < 1.29 is 0 Å². The summed E-state index contributed by atoms with van der Waals surface area (Å²) in [7, 11) is 0. The Kier molecular flexibility index (Phi) is 2.45. The van der Waals surface area contributed by atoms with Gasteiger partial charge in [0.1, 0.15) is 12.1 Å². The zero-order chi connectivity index (χ0) is 9.97. The van der Waals surface area contributed by atoms with Gasteiger partial charge in [0, 0.05) is 16.1 Å². The summed E-state index contributed by atoms with van der Waals surface area (Å²) in [4.78, 5) is 7.98. The van der Waals surface area contributed by atoms with Gasteiger partial charge in [-0.25, -0.2) is 9.97 Å². The van der Waals surface area contributed by atoms with E-state index >= 15 is 0 Å². The fraction of sp³-hybridized carbons (Fsp3) is 0. The first-order valence-electron chi connectivity index (χ1n) is 4.09. The first kappa shape index (κ1) is 9.15. The number of nitrogens with two attached hydrogens (primary N) is 1. The van der Waals surface area contributed by atoms with E-state index in [-0.39, 0.29) is 0 Å². The van der Waals surface area contributed by atoms with Crippen molar-refractivity contribution in [1.82, 2.24) is 9.97 Å². The van der Waals surface area contributed by atoms with Gasteiger partial charge in [-0.1, -0.05) is 28.1 Å². The van der Waals surface area contributed by atoms with Crippen LogP contribution in [0.15, 0.2) is 41.1 Å². The summed E-state index contributed by atoms with van der Waals surface area (Å²) in [5, 5.41) is 0. The molecule has 0 aliphatic carbocycles. The lowest BCUT2D eigenvalue weighted by Gasteiger charge is -2.01. The van der Waals surface area contributed by atoms with Gasteiger partial charge in [-0.05, 0) is 12.1 Å². The average Bonchev–Trinajstić information content (AvgIpc) is 2.18. The summed E-state index contributed by atoms with van der Waals surface area (Å²) in [6, 6.07) is 9.64. The standard InChI is InChI=1S/C10H8BrN3/c11-8-3-1-2-7(4-8)9-5-10(12)14-6-13-9/h1-6H,(H2,12,13,14). The molecule has 0 fully saturated rings. The number of hydrogen-bond donors (Lipinski definition) is 1. The molecule has 0 amide bonds. The van der Waals surface area contributed by atoms with Crippen LogP contribution in [-0.4, -0.2) is 9.97 Å². The second-order valence-electron chi connectivity index (χ2n) is 2.84. The van der Waals surface area contributed by atoms with E-state index in [9.17, 15) is 0 Å². The van der Waals surface area contributed by atoms with Crippen molar-refractivity contribution in [3.63, 3.8) is 0 Å². The molecule has 0 radical (unpaired) electrons. The first-order chi connectivity index (χ1) is 6.75. The Morgan fingerprint density at radius 2 is 2.00 bits per heavy atom. The zero-order valence-electron chi connectivity index (χ0n) is 7.31. The van der Waals surface area contributed by atoms with Gasteiger partial charge in [-0.15, -0.1) is 0 Å². The van der Waals surface area contributed by atoms with Crippen LogP contribution in [0.5, 0.6) is 0 Å². The molecule has 1 heterocycles. The molecule has 3 nitrogen and oxygen atoms in total. The van der Waals surface area contributed by atoms with Crippen LogP contribution in [0.2, 0.25) is 0 Å². The monoisotopic (exact) mass is 249 g/mol. The second kappa shape index (κ2) is 3.75. The predicted molar refractivity (Wildman–Crippen MR) is 59.6 cm³/mol. The predicted octanol–water partition coefficient (Wildman–Crippen LogP) is 2.49. The summed E-state index contributed by atoms with van der Waals surface area (Å²) in [6.07, 6.45) is 1.46. The van der Waals surface area contributed by atoms with Crippen molar-refractivity contribution in [3.8, 4) is 11.3 Å². The van der Waals surface area contributed by atoms with E-state index in [4.69, 9.17) is 5.73 Å². The number of anilines is 1. The topological polar surface area (TPSA) is 51.8 Å². The lowest BCUT2D eigenvalue weighted by Crippen LogP contribution is -1.92. The van der Waals surface area contributed by atoms with Crippen LogP contribution in [0, 0.1) is 0 Å². The summed E-state index contributed by atoms with van der Waals surface area (Å²) in [6.45, 7) is 0. The van der Waals surface area contributed by atoms with E-state index in [1.807, 2.05) is 24.3 Å². The van der Waals surface area contributed by atoms with E-state index in [0.29, 0.717) is 5.82 Å². The Hall–Kier alpha value is -1.42. The Labute approximate surface area is 90.1 Å². The molecule has 0 atom stereocenters. The van der Waals surface area contributed by atoms with Gasteiger partial charge in [0.2, 0.25) is 0 Å². The number of benzene rings is 1. The molecule has 14 heavy (non-hydrogen) atoms. The number of hydrogen-bond acceptors (Lipinski definition) is 3. The van der Waals surface area contributed by atoms with Crippen molar-refractivity contribution >= 4 is 21.7 Å². The number of aromatic nitrogens is 2. The molecule has 0 unspecified atom stereocenters. The zero-order valence-corrected chi connectivity index (χ0v) is 8.90. The van der Waals surface area contributed by atoms with E-state index in [1.165, 1.54) is 6.33 Å². The van der Waals surface area contributed by atoms with Crippen molar-refractivity contribution in [2.75, 3.05) is 5.73 Å². The van der Waals surface area contributed by atoms with Crippen LogP contribution in [0.1, 0.15) is 0 Å². The molecule has 0 aliphatic heterocycles. The van der Waals surface area contributed by atoms with Gasteiger partial charge in [-0.2, -0.15) is 0 Å². The molecule has 0 bridgehead atoms. The molecule has 1 aromatic carbocycles. The number of rotatable bonds is 1. The summed E-state index contributed by atoms with van der Waals surface area (Å²) in [5.41, 5.74) is 7.43. The quantitative estimate of drug-likeness (QED) is 0.845. The molecule has 2 rings (SSSR count). The Morgan fingerprint density at radius 3 is 2.71 bits per heavy atom. The highest BCUT2D eigenvalue weighted by Gasteiger charge is 1.99. The third-order valence-corrected chi connectivity index (χ3v) is 2.30. The number of halogens is 1. The van der Waals surface area contributed by atoms with Crippen LogP contribution in [0.4, 0.5) is 5.82 Å². The fourth-order valence-electron chi connectivity index (χ4n) is 1.18. The molecule has 2 aromatic rings. The fourth-order valence-corrected chi connectivity index (χ4v) is 1.58. The Morgan fingerprint density at radius 1 is 1.14 bits per heavy atom. The lowest BCUT2D eigenvalue weighted by molar-refractivity contribution is 1.18. The molecular weight excluding hydrogens is 242 g/mol. The van der Waals surface area contributed by atoms with E-state index in [1.54, 1.807) is 6.07 Å². The SMILES string of the molecule is Nc1cc(-c2cccc(Br)c2)ncn1. The molecular formula is C10H8BrN3. The van der Waals surface area contributed by atoms with Crippen LogP contribution in [0.25, 0.3) is 11.3 Å². The minimum Gasteiger partial charge on any atom is -0.384 e. The van der Waals surface area contributed by atoms with Gasteiger partial charge < -0.3 is 5.73 Å². The summed E-state index contributed by atoms with van der Waals surface area (Å²) >= 11 is 3.40. The van der Waals surface area contributed by atoms with Crippen molar-refractivity contribution in [1.29, 1.82) is 0 Å². The number of nitrogens with zero attached hydrogens (tertiary/aromatic N) is 2. The molecule has 1 aromatic heterocycles. The molecule has 0 spiro atoms. The maximum atomic E-state index is 5.57. The normalized spacial score (nSPS) is 10.1. The minimum absolute atomic E-state index is 0.481. The van der Waals surface area contributed by atoms with Crippen molar-refractivity contribution in [2.24, 2.45) is 0 Å². The maximum Gasteiger partial charge on any atom is 0.127 e. The third kappa shape index (κ3) is 1.90. The molecule has 2 N–H and O–H groups in total.